The van der Waals surface area contributed by atoms with Crippen LogP contribution in [0.4, 0.5) is 5.82 Å². The van der Waals surface area contributed by atoms with Crippen molar-refractivity contribution in [1.82, 2.24) is 19.6 Å². The number of hydrogen-bond acceptors (Lipinski definition) is 5. The van der Waals surface area contributed by atoms with Crippen LogP contribution in [0.1, 0.15) is 5.56 Å². The van der Waals surface area contributed by atoms with Crippen molar-refractivity contribution < 1.29 is 4.74 Å². The Hall–Kier alpha value is -3.41. The minimum atomic E-state index is 0.413. The molecule has 0 spiro atoms. The predicted octanol–water partition coefficient (Wildman–Crippen LogP) is 3.36. The molecule has 0 radical (unpaired) electrons. The number of pyridine rings is 1. The molecule has 6 nitrogen and oxygen atoms in total. The Morgan fingerprint density at radius 2 is 1.76 bits per heavy atom. The average molecular weight is 331 g/mol. The molecule has 3 aromatic heterocycles. The quantitative estimate of drug-likeness (QED) is 0.623. The summed E-state index contributed by atoms with van der Waals surface area (Å²) in [4.78, 5) is 9.01. The van der Waals surface area contributed by atoms with E-state index in [4.69, 9.17) is 10.5 Å². The van der Waals surface area contributed by atoms with E-state index in [0.29, 0.717) is 11.5 Å². The van der Waals surface area contributed by atoms with Gasteiger partial charge in [-0.25, -0.2) is 9.50 Å². The van der Waals surface area contributed by atoms with Gasteiger partial charge in [0.05, 0.1) is 18.4 Å². The molecule has 0 saturated carbocycles. The van der Waals surface area contributed by atoms with Gasteiger partial charge in [-0.05, 0) is 36.2 Å². The van der Waals surface area contributed by atoms with E-state index in [1.807, 2.05) is 61.9 Å². The molecule has 0 bridgehead atoms. The highest BCUT2D eigenvalue weighted by Gasteiger charge is 2.15. The van der Waals surface area contributed by atoms with Crippen molar-refractivity contribution in [1.29, 1.82) is 0 Å². The van der Waals surface area contributed by atoms with Crippen LogP contribution in [-0.2, 0) is 0 Å². The summed E-state index contributed by atoms with van der Waals surface area (Å²) in [5.74, 6) is 1.23. The lowest BCUT2D eigenvalue weighted by atomic mass is 10.1. The van der Waals surface area contributed by atoms with Gasteiger partial charge in [0.15, 0.2) is 11.5 Å². The molecule has 124 valence electrons. The van der Waals surface area contributed by atoms with Gasteiger partial charge in [-0.2, -0.15) is 0 Å². The van der Waals surface area contributed by atoms with Gasteiger partial charge < -0.3 is 10.5 Å². The second kappa shape index (κ2) is 5.90. The van der Waals surface area contributed by atoms with Crippen molar-refractivity contribution in [2.24, 2.45) is 0 Å². The van der Waals surface area contributed by atoms with E-state index < -0.39 is 0 Å². The molecule has 0 aliphatic rings. The van der Waals surface area contributed by atoms with E-state index in [1.54, 1.807) is 11.6 Å². The van der Waals surface area contributed by atoms with Crippen LogP contribution < -0.4 is 10.5 Å². The zero-order chi connectivity index (χ0) is 17.4. The second-order valence-corrected chi connectivity index (χ2v) is 5.82. The summed E-state index contributed by atoms with van der Waals surface area (Å²) in [7, 11) is 1.65. The lowest BCUT2D eigenvalue weighted by molar-refractivity contribution is 0.415. The van der Waals surface area contributed by atoms with E-state index >= 15 is 0 Å². The fraction of sp³-hybridized carbons (Fsp3) is 0.105. The molecule has 4 rings (SSSR count). The van der Waals surface area contributed by atoms with Crippen molar-refractivity contribution in [3.63, 3.8) is 0 Å². The van der Waals surface area contributed by atoms with Gasteiger partial charge >= 0.3 is 0 Å². The summed E-state index contributed by atoms with van der Waals surface area (Å²) in [5, 5.41) is 4.40. The first-order valence-corrected chi connectivity index (χ1v) is 7.87. The fourth-order valence-electron chi connectivity index (χ4n) is 2.75. The molecule has 0 aliphatic heterocycles. The van der Waals surface area contributed by atoms with E-state index in [-0.39, 0.29) is 0 Å². The molecule has 0 fully saturated rings. The maximum absolute atomic E-state index is 6.12. The molecule has 0 aliphatic carbocycles. The van der Waals surface area contributed by atoms with Crippen molar-refractivity contribution in [2.45, 2.75) is 6.92 Å². The topological polar surface area (TPSA) is 78.3 Å². The molecular weight excluding hydrogens is 314 g/mol. The Morgan fingerprint density at radius 3 is 2.44 bits per heavy atom. The highest BCUT2D eigenvalue weighted by Crippen LogP contribution is 2.29. The summed E-state index contributed by atoms with van der Waals surface area (Å²) < 4.78 is 6.90. The monoisotopic (exact) mass is 331 g/mol. The lowest BCUT2D eigenvalue weighted by Gasteiger charge is -2.04. The zero-order valence-corrected chi connectivity index (χ0v) is 14.0. The third-order valence-electron chi connectivity index (χ3n) is 4.09. The van der Waals surface area contributed by atoms with Crippen molar-refractivity contribution in [2.75, 3.05) is 12.8 Å². The molecule has 0 unspecified atom stereocenters. The summed E-state index contributed by atoms with van der Waals surface area (Å²) in [6, 6.07) is 11.7. The summed E-state index contributed by atoms with van der Waals surface area (Å²) >= 11 is 0. The molecule has 0 saturated heterocycles. The number of ether oxygens (including phenoxy) is 1. The van der Waals surface area contributed by atoms with E-state index in [9.17, 15) is 0 Å². The Balaban J connectivity index is 1.81. The number of hydrogen-bond donors (Lipinski definition) is 1. The highest BCUT2D eigenvalue weighted by molar-refractivity contribution is 5.84. The number of anilines is 1. The van der Waals surface area contributed by atoms with Gasteiger partial charge in [-0.15, -0.1) is 5.10 Å². The van der Waals surface area contributed by atoms with E-state index in [2.05, 4.69) is 15.1 Å². The van der Waals surface area contributed by atoms with Crippen molar-refractivity contribution in [3.8, 4) is 28.1 Å². The van der Waals surface area contributed by atoms with Gasteiger partial charge in [0.2, 0.25) is 0 Å². The number of nitrogens with two attached hydrogens (primary N) is 1. The number of methoxy groups -OCH3 is 1. The van der Waals surface area contributed by atoms with Gasteiger partial charge in [-0.1, -0.05) is 18.2 Å². The molecule has 0 amide bonds. The molecule has 4 aromatic rings. The molecule has 6 heteroatoms. The molecule has 0 atom stereocenters. The first kappa shape index (κ1) is 15.1. The van der Waals surface area contributed by atoms with Crippen LogP contribution >= 0.6 is 0 Å². The van der Waals surface area contributed by atoms with Crippen LogP contribution in [0.15, 0.2) is 55.0 Å². The third-order valence-corrected chi connectivity index (χ3v) is 4.09. The highest BCUT2D eigenvalue weighted by atomic mass is 16.5. The largest absolute Gasteiger partial charge is 0.497 e. The molecule has 3 heterocycles. The van der Waals surface area contributed by atoms with E-state index in [1.165, 1.54) is 0 Å². The van der Waals surface area contributed by atoms with Crippen LogP contribution in [0.25, 0.3) is 28.0 Å². The minimum absolute atomic E-state index is 0.413. The van der Waals surface area contributed by atoms with Crippen LogP contribution in [0.2, 0.25) is 0 Å². The minimum Gasteiger partial charge on any atom is -0.497 e. The molecule has 25 heavy (non-hydrogen) atoms. The summed E-state index contributed by atoms with van der Waals surface area (Å²) in [6.07, 6.45) is 5.54. The Kier molecular flexibility index (Phi) is 3.57. The van der Waals surface area contributed by atoms with Crippen LogP contribution in [0, 0.1) is 6.92 Å². The van der Waals surface area contributed by atoms with Crippen LogP contribution in [0.5, 0.6) is 5.75 Å². The van der Waals surface area contributed by atoms with Crippen molar-refractivity contribution in [3.05, 3.63) is 60.6 Å². The smallest absolute Gasteiger partial charge is 0.166 e. The maximum Gasteiger partial charge on any atom is 0.166 e. The Bertz CT molecular complexity index is 1040. The molecule has 2 N–H and O–H groups in total. The van der Waals surface area contributed by atoms with Gasteiger partial charge in [0, 0.05) is 24.2 Å². The van der Waals surface area contributed by atoms with Gasteiger partial charge in [0.25, 0.3) is 0 Å². The second-order valence-electron chi connectivity index (χ2n) is 5.82. The Morgan fingerprint density at radius 1 is 0.960 bits per heavy atom. The number of rotatable bonds is 3. The van der Waals surface area contributed by atoms with Gasteiger partial charge in [0.1, 0.15) is 5.75 Å². The number of nitrogens with zero attached hydrogens (tertiary/aromatic N) is 4. The number of aryl methyl sites for hydroxylation is 1. The first-order valence-electron chi connectivity index (χ1n) is 7.87. The molecule has 1 aromatic carbocycles. The lowest BCUT2D eigenvalue weighted by Crippen LogP contribution is -1.93. The summed E-state index contributed by atoms with van der Waals surface area (Å²) in [6.45, 7) is 2.00. The summed E-state index contributed by atoms with van der Waals surface area (Å²) in [5.41, 5.74) is 11.4. The predicted molar refractivity (Wildman–Crippen MR) is 97.4 cm³/mol. The fourth-order valence-corrected chi connectivity index (χ4v) is 2.75. The van der Waals surface area contributed by atoms with Crippen molar-refractivity contribution >= 4 is 11.5 Å². The average Bonchev–Trinajstić information content (AvgIpc) is 2.97. The number of fused-ring (bicyclic) bond motifs is 1. The van der Waals surface area contributed by atoms with E-state index in [0.717, 1.165) is 33.7 Å². The number of aromatic nitrogens is 4. The number of nitrogen functional groups attached to an aromatic ring is 1. The first-order chi connectivity index (χ1) is 12.2. The zero-order valence-electron chi connectivity index (χ0n) is 14.0. The molecular formula is C19H17N5O. The normalized spacial score (nSPS) is 11.0. The standard InChI is InChI=1S/C19H17N5O/c1-12-3-8-16(21-9-12)17-18(20)23-24-11-14(10-22-19(17)24)13-4-6-15(25-2)7-5-13/h3-11H,1-2H3,(H2,20,23). The number of benzene rings is 1. The van der Waals surface area contributed by atoms with Gasteiger partial charge in [-0.3, -0.25) is 4.98 Å². The maximum atomic E-state index is 6.12. The third kappa shape index (κ3) is 2.67. The van der Waals surface area contributed by atoms with Crippen LogP contribution in [0.3, 0.4) is 0 Å². The van der Waals surface area contributed by atoms with Crippen LogP contribution in [-0.4, -0.2) is 26.7 Å². The SMILES string of the molecule is COc1ccc(-c2cnc3c(-c4ccc(C)cn4)c(N)nn3c2)cc1. The Labute approximate surface area is 144 Å².